The van der Waals surface area contributed by atoms with E-state index >= 15 is 0 Å². The zero-order valence-electron chi connectivity index (χ0n) is 14.1. The minimum absolute atomic E-state index is 0.209. The molecule has 0 spiro atoms. The molecule has 1 aliphatic heterocycles. The molecular weight excluding hydrogens is 338 g/mol. The van der Waals surface area contributed by atoms with Crippen molar-refractivity contribution in [3.05, 3.63) is 42.2 Å². The highest BCUT2D eigenvalue weighted by molar-refractivity contribution is 7.90. The van der Waals surface area contributed by atoms with E-state index in [1.807, 2.05) is 6.92 Å². The maximum atomic E-state index is 11.8. The lowest BCUT2D eigenvalue weighted by atomic mass is 10.1. The van der Waals surface area contributed by atoms with Crippen LogP contribution in [-0.2, 0) is 22.8 Å². The predicted molar refractivity (Wildman–Crippen MR) is 95.3 cm³/mol. The van der Waals surface area contributed by atoms with E-state index in [2.05, 4.69) is 31.0 Å². The fraction of sp³-hybridized carbons (Fsp3) is 0.353. The number of aryl methyl sites for hydroxylation is 2. The molecule has 0 saturated carbocycles. The van der Waals surface area contributed by atoms with E-state index in [1.54, 1.807) is 18.2 Å². The molecule has 2 aromatic heterocycles. The van der Waals surface area contributed by atoms with Gasteiger partial charge in [-0.3, -0.25) is 0 Å². The Morgan fingerprint density at radius 2 is 2.12 bits per heavy atom. The molecule has 8 heteroatoms. The van der Waals surface area contributed by atoms with E-state index in [1.165, 1.54) is 12.6 Å². The summed E-state index contributed by atoms with van der Waals surface area (Å²) in [6.45, 7) is 2.81. The highest BCUT2D eigenvalue weighted by Crippen LogP contribution is 2.25. The van der Waals surface area contributed by atoms with Crippen LogP contribution in [0.25, 0.3) is 10.9 Å². The number of nitrogens with zero attached hydrogens (tertiary/aromatic N) is 4. The smallest absolute Gasteiger partial charge is 0.175 e. The number of rotatable bonds is 3. The maximum absolute atomic E-state index is 11.8. The first-order valence-corrected chi connectivity index (χ1v) is 10.0. The fourth-order valence-corrected chi connectivity index (χ4v) is 3.93. The summed E-state index contributed by atoms with van der Waals surface area (Å²) >= 11 is 0. The molecule has 3 heterocycles. The van der Waals surface area contributed by atoms with Gasteiger partial charge in [0.1, 0.15) is 18.0 Å². The molecule has 0 fully saturated rings. The molecule has 0 amide bonds. The van der Waals surface area contributed by atoms with Gasteiger partial charge >= 0.3 is 0 Å². The van der Waals surface area contributed by atoms with Gasteiger partial charge in [-0.2, -0.15) is 0 Å². The molecule has 0 radical (unpaired) electrons. The molecule has 1 aromatic carbocycles. The van der Waals surface area contributed by atoms with Crippen molar-refractivity contribution in [1.82, 2.24) is 19.5 Å². The summed E-state index contributed by atoms with van der Waals surface area (Å²) in [6, 6.07) is 5.15. The Balaban J connectivity index is 1.67. The van der Waals surface area contributed by atoms with E-state index in [-0.39, 0.29) is 10.9 Å². The first kappa shape index (κ1) is 16.0. The SMILES string of the molecule is Cc1cn2c(n1)CCC(Nc1ncnc3ccc(S(C)(=O)=O)cc13)C2. The summed E-state index contributed by atoms with van der Waals surface area (Å²) < 4.78 is 25.9. The van der Waals surface area contributed by atoms with Crippen LogP contribution in [-0.4, -0.2) is 40.2 Å². The Bertz CT molecular complexity index is 1060. The quantitative estimate of drug-likeness (QED) is 0.771. The van der Waals surface area contributed by atoms with Crippen molar-refractivity contribution in [2.75, 3.05) is 11.6 Å². The lowest BCUT2D eigenvalue weighted by molar-refractivity contribution is 0.476. The van der Waals surface area contributed by atoms with Gasteiger partial charge in [-0.05, 0) is 31.5 Å². The second-order valence-electron chi connectivity index (χ2n) is 6.50. The van der Waals surface area contributed by atoms with Crippen molar-refractivity contribution >= 4 is 26.6 Å². The monoisotopic (exact) mass is 357 g/mol. The molecule has 1 aliphatic rings. The Hall–Kier alpha value is -2.48. The Morgan fingerprint density at radius 3 is 2.92 bits per heavy atom. The highest BCUT2D eigenvalue weighted by atomic mass is 32.2. The van der Waals surface area contributed by atoms with Gasteiger partial charge in [0.2, 0.25) is 0 Å². The minimum atomic E-state index is -3.28. The average molecular weight is 357 g/mol. The molecule has 7 nitrogen and oxygen atoms in total. The first-order chi connectivity index (χ1) is 11.9. The zero-order chi connectivity index (χ0) is 17.6. The van der Waals surface area contributed by atoms with Gasteiger partial charge in [-0.1, -0.05) is 0 Å². The van der Waals surface area contributed by atoms with Gasteiger partial charge in [0.15, 0.2) is 9.84 Å². The number of benzene rings is 1. The average Bonchev–Trinajstić information content (AvgIpc) is 2.93. The molecule has 4 rings (SSSR count). The molecule has 3 aromatic rings. The van der Waals surface area contributed by atoms with Gasteiger partial charge in [0.25, 0.3) is 0 Å². The largest absolute Gasteiger partial charge is 0.365 e. The van der Waals surface area contributed by atoms with Crippen LogP contribution in [0.3, 0.4) is 0 Å². The number of nitrogens with one attached hydrogen (secondary N) is 1. The molecule has 1 atom stereocenters. The third-order valence-electron chi connectivity index (χ3n) is 4.49. The van der Waals surface area contributed by atoms with E-state index in [9.17, 15) is 8.42 Å². The van der Waals surface area contributed by atoms with E-state index in [0.29, 0.717) is 5.82 Å². The Labute approximate surface area is 146 Å². The van der Waals surface area contributed by atoms with Crippen molar-refractivity contribution in [2.45, 2.75) is 37.2 Å². The summed E-state index contributed by atoms with van der Waals surface area (Å²) in [5.74, 6) is 1.78. The van der Waals surface area contributed by atoms with Crippen molar-refractivity contribution in [2.24, 2.45) is 0 Å². The summed E-state index contributed by atoms with van der Waals surface area (Å²) in [4.78, 5) is 13.4. The van der Waals surface area contributed by atoms with Crippen molar-refractivity contribution < 1.29 is 8.42 Å². The van der Waals surface area contributed by atoms with Crippen LogP contribution in [0.1, 0.15) is 17.9 Å². The Kier molecular flexibility index (Phi) is 3.72. The molecule has 0 aliphatic carbocycles. The zero-order valence-corrected chi connectivity index (χ0v) is 14.9. The Morgan fingerprint density at radius 1 is 1.28 bits per heavy atom. The summed E-state index contributed by atoms with van der Waals surface area (Å²) in [6.07, 6.45) is 6.62. The van der Waals surface area contributed by atoms with Gasteiger partial charge in [0, 0.05) is 36.8 Å². The number of imidazole rings is 1. The van der Waals surface area contributed by atoms with Crippen molar-refractivity contribution in [1.29, 1.82) is 0 Å². The lowest BCUT2D eigenvalue weighted by Gasteiger charge is -2.25. The van der Waals surface area contributed by atoms with Gasteiger partial charge in [0.05, 0.1) is 16.1 Å². The van der Waals surface area contributed by atoms with Crippen molar-refractivity contribution in [3.63, 3.8) is 0 Å². The van der Waals surface area contributed by atoms with Crippen molar-refractivity contribution in [3.8, 4) is 0 Å². The summed E-state index contributed by atoms with van der Waals surface area (Å²) in [7, 11) is -3.28. The second kappa shape index (κ2) is 5.80. The third kappa shape index (κ3) is 3.09. The molecule has 25 heavy (non-hydrogen) atoms. The molecule has 0 saturated heterocycles. The van der Waals surface area contributed by atoms with Crippen LogP contribution in [0.15, 0.2) is 35.6 Å². The van der Waals surface area contributed by atoms with Crippen LogP contribution in [0.2, 0.25) is 0 Å². The molecule has 0 bridgehead atoms. The number of aromatic nitrogens is 4. The van der Waals surface area contributed by atoms with Crippen LogP contribution in [0.4, 0.5) is 5.82 Å². The van der Waals surface area contributed by atoms with Gasteiger partial charge < -0.3 is 9.88 Å². The van der Waals surface area contributed by atoms with E-state index in [4.69, 9.17) is 0 Å². The molecule has 1 N–H and O–H groups in total. The van der Waals surface area contributed by atoms with Crippen LogP contribution < -0.4 is 5.32 Å². The predicted octanol–water partition coefficient (Wildman–Crippen LogP) is 1.97. The summed E-state index contributed by atoms with van der Waals surface area (Å²) in [5, 5.41) is 4.18. The second-order valence-corrected chi connectivity index (χ2v) is 8.52. The highest BCUT2D eigenvalue weighted by Gasteiger charge is 2.21. The topological polar surface area (TPSA) is 89.8 Å². The normalized spacial score (nSPS) is 17.4. The van der Waals surface area contributed by atoms with Gasteiger partial charge in [-0.25, -0.2) is 23.4 Å². The third-order valence-corrected chi connectivity index (χ3v) is 5.60. The molecular formula is C17H19N5O2S. The standard InChI is InChI=1S/C17H19N5O2S/c1-11-8-22-9-12(3-6-16(22)20-11)21-17-14-7-13(25(2,23)24)4-5-15(14)18-10-19-17/h4-5,7-8,10,12H,3,6,9H2,1-2H3,(H,18,19,21). The number of fused-ring (bicyclic) bond motifs is 2. The summed E-state index contributed by atoms with van der Waals surface area (Å²) in [5.41, 5.74) is 1.75. The lowest BCUT2D eigenvalue weighted by Crippen LogP contribution is -2.31. The van der Waals surface area contributed by atoms with Crippen LogP contribution in [0.5, 0.6) is 0 Å². The number of hydrogen-bond acceptors (Lipinski definition) is 6. The van der Waals surface area contributed by atoms with Gasteiger partial charge in [-0.15, -0.1) is 0 Å². The van der Waals surface area contributed by atoms with Crippen LogP contribution >= 0.6 is 0 Å². The van der Waals surface area contributed by atoms with E-state index in [0.717, 1.165) is 41.8 Å². The number of anilines is 1. The number of hydrogen-bond donors (Lipinski definition) is 1. The maximum Gasteiger partial charge on any atom is 0.175 e. The minimum Gasteiger partial charge on any atom is -0.365 e. The van der Waals surface area contributed by atoms with E-state index < -0.39 is 9.84 Å². The van der Waals surface area contributed by atoms with Crippen LogP contribution in [0, 0.1) is 6.92 Å². The molecule has 1 unspecified atom stereocenters. The fourth-order valence-electron chi connectivity index (χ4n) is 3.28. The first-order valence-electron chi connectivity index (χ1n) is 8.14. The number of sulfone groups is 1. The molecule has 130 valence electrons.